The minimum absolute atomic E-state index is 0.379. The third-order valence-electron chi connectivity index (χ3n) is 2.09. The summed E-state index contributed by atoms with van der Waals surface area (Å²) in [5.41, 5.74) is 5.22. The Morgan fingerprint density at radius 1 is 1.39 bits per heavy atom. The molecule has 0 spiro atoms. The number of benzene rings is 1. The smallest absolute Gasteiger partial charge is 0.323 e. The van der Waals surface area contributed by atoms with Crippen molar-refractivity contribution in [3.63, 3.8) is 0 Å². The fraction of sp³-hybridized carbons (Fsp3) is 0.500. The number of rotatable bonds is 5. The summed E-state index contributed by atoms with van der Waals surface area (Å²) in [4.78, 5) is 11.6. The average molecular weight is 250 g/mol. The second-order valence-corrected chi connectivity index (χ2v) is 5.01. The number of esters is 1. The normalized spacial score (nSPS) is 12.9. The summed E-state index contributed by atoms with van der Waals surface area (Å²) >= 11 is 0. The summed E-state index contributed by atoms with van der Waals surface area (Å²) in [7, 11) is 0. The Hall–Kier alpha value is -1.55. The van der Waals surface area contributed by atoms with Crippen molar-refractivity contribution in [1.82, 2.24) is 0 Å². The first-order valence-corrected chi connectivity index (χ1v) is 5.96. The first-order chi connectivity index (χ1) is 8.38. The minimum Gasteiger partial charge on any atom is -0.494 e. The van der Waals surface area contributed by atoms with Gasteiger partial charge in [-0.15, -0.1) is 0 Å². The van der Waals surface area contributed by atoms with Gasteiger partial charge in [0.1, 0.15) is 17.4 Å². The Morgan fingerprint density at radius 2 is 2.00 bits per heavy atom. The van der Waals surface area contributed by atoms with Crippen molar-refractivity contribution >= 4 is 5.97 Å². The van der Waals surface area contributed by atoms with Crippen LogP contribution in [-0.2, 0) is 9.53 Å². The van der Waals surface area contributed by atoms with Gasteiger partial charge in [0.15, 0.2) is 0 Å². The molecule has 0 heterocycles. The molecule has 1 aromatic carbocycles. The molecule has 1 radical (unpaired) electrons. The van der Waals surface area contributed by atoms with Crippen molar-refractivity contribution in [3.05, 3.63) is 30.3 Å². The van der Waals surface area contributed by atoms with Crippen LogP contribution in [-0.4, -0.2) is 24.2 Å². The van der Waals surface area contributed by atoms with Crippen LogP contribution in [0.3, 0.4) is 0 Å². The first kappa shape index (κ1) is 14.5. The number of ether oxygens (including phenoxy) is 2. The lowest BCUT2D eigenvalue weighted by Crippen LogP contribution is -2.38. The number of carbonyl (C=O) groups excluding carboxylic acids is 1. The van der Waals surface area contributed by atoms with Gasteiger partial charge in [0.05, 0.1) is 6.61 Å². The van der Waals surface area contributed by atoms with E-state index in [0.717, 1.165) is 5.75 Å². The van der Waals surface area contributed by atoms with E-state index >= 15 is 0 Å². The van der Waals surface area contributed by atoms with Crippen molar-refractivity contribution < 1.29 is 14.3 Å². The summed E-state index contributed by atoms with van der Waals surface area (Å²) in [5, 5.41) is 0. The SMILES string of the molecule is CC(C)(C)OC(=O)C(N)CCOc1cc[c]cc1. The van der Waals surface area contributed by atoms with Crippen molar-refractivity contribution in [2.24, 2.45) is 5.73 Å². The molecule has 0 aliphatic carbocycles. The van der Waals surface area contributed by atoms with Crippen LogP contribution in [0.15, 0.2) is 24.3 Å². The maximum absolute atomic E-state index is 11.6. The fourth-order valence-electron chi connectivity index (χ4n) is 1.27. The molecule has 0 bridgehead atoms. The van der Waals surface area contributed by atoms with Gasteiger partial charge in [-0.05, 0) is 39.0 Å². The van der Waals surface area contributed by atoms with Gasteiger partial charge in [-0.25, -0.2) is 0 Å². The summed E-state index contributed by atoms with van der Waals surface area (Å²) in [6.07, 6.45) is 0.424. The predicted octanol–water partition coefficient (Wildman–Crippen LogP) is 1.92. The Kier molecular flexibility index (Phi) is 5.16. The van der Waals surface area contributed by atoms with Gasteiger partial charge < -0.3 is 15.2 Å². The van der Waals surface area contributed by atoms with Gasteiger partial charge in [0, 0.05) is 6.42 Å². The van der Waals surface area contributed by atoms with Crippen LogP contribution in [0.5, 0.6) is 5.75 Å². The molecule has 1 atom stereocenters. The van der Waals surface area contributed by atoms with Gasteiger partial charge >= 0.3 is 5.97 Å². The second kappa shape index (κ2) is 6.40. The van der Waals surface area contributed by atoms with E-state index in [0.29, 0.717) is 13.0 Å². The lowest BCUT2D eigenvalue weighted by atomic mass is 10.2. The molecule has 18 heavy (non-hydrogen) atoms. The van der Waals surface area contributed by atoms with Gasteiger partial charge in [0.25, 0.3) is 0 Å². The molecule has 2 N–H and O–H groups in total. The Balaban J connectivity index is 2.29. The highest BCUT2D eigenvalue weighted by Crippen LogP contribution is 2.11. The fourth-order valence-corrected chi connectivity index (χ4v) is 1.27. The Morgan fingerprint density at radius 3 is 2.56 bits per heavy atom. The third kappa shape index (κ3) is 5.68. The molecule has 0 saturated carbocycles. The standard InChI is InChI=1S/C14H20NO3/c1-14(2,3)18-13(16)12(15)9-10-17-11-7-5-4-6-8-11/h5-8,12H,9-10,15H2,1-3H3. The lowest BCUT2D eigenvalue weighted by Gasteiger charge is -2.22. The van der Waals surface area contributed by atoms with Crippen LogP contribution in [0.2, 0.25) is 0 Å². The predicted molar refractivity (Wildman–Crippen MR) is 69.2 cm³/mol. The molecule has 1 unspecified atom stereocenters. The van der Waals surface area contributed by atoms with E-state index in [1.165, 1.54) is 0 Å². The van der Waals surface area contributed by atoms with E-state index in [1.54, 1.807) is 24.3 Å². The second-order valence-electron chi connectivity index (χ2n) is 5.01. The summed E-state index contributed by atoms with van der Waals surface area (Å²) in [6.45, 7) is 5.82. The number of carbonyl (C=O) groups is 1. The monoisotopic (exact) mass is 250 g/mol. The molecule has 4 nitrogen and oxygen atoms in total. The zero-order valence-electron chi connectivity index (χ0n) is 11.1. The van der Waals surface area contributed by atoms with Gasteiger partial charge in [-0.2, -0.15) is 0 Å². The quantitative estimate of drug-likeness (QED) is 0.811. The zero-order valence-corrected chi connectivity index (χ0v) is 11.1. The number of nitrogens with two attached hydrogens (primary N) is 1. The van der Waals surface area contributed by atoms with Gasteiger partial charge in [-0.3, -0.25) is 4.79 Å². The molecular formula is C14H20NO3. The molecule has 0 amide bonds. The van der Waals surface area contributed by atoms with Crippen molar-refractivity contribution in [3.8, 4) is 5.75 Å². The average Bonchev–Trinajstić information content (AvgIpc) is 2.28. The first-order valence-electron chi connectivity index (χ1n) is 5.96. The van der Waals surface area contributed by atoms with Crippen LogP contribution < -0.4 is 10.5 Å². The van der Waals surface area contributed by atoms with Crippen molar-refractivity contribution in [2.75, 3.05) is 6.61 Å². The molecule has 0 fully saturated rings. The maximum atomic E-state index is 11.6. The minimum atomic E-state index is -0.653. The van der Waals surface area contributed by atoms with E-state index in [9.17, 15) is 4.79 Å². The van der Waals surface area contributed by atoms with Gasteiger partial charge in [-0.1, -0.05) is 12.1 Å². The van der Waals surface area contributed by atoms with Crippen molar-refractivity contribution in [2.45, 2.75) is 38.8 Å². The van der Waals surface area contributed by atoms with E-state index < -0.39 is 17.6 Å². The highest BCUT2D eigenvalue weighted by molar-refractivity contribution is 5.75. The zero-order chi connectivity index (χ0) is 13.6. The summed E-state index contributed by atoms with van der Waals surface area (Å²) in [5.74, 6) is 0.345. The molecule has 4 heteroatoms. The van der Waals surface area contributed by atoms with Gasteiger partial charge in [0.2, 0.25) is 0 Å². The largest absolute Gasteiger partial charge is 0.494 e. The topological polar surface area (TPSA) is 61.5 Å². The van der Waals surface area contributed by atoms with E-state index in [2.05, 4.69) is 6.07 Å². The number of hydrogen-bond acceptors (Lipinski definition) is 4. The van der Waals surface area contributed by atoms with Crippen LogP contribution in [0.4, 0.5) is 0 Å². The van der Waals surface area contributed by atoms with Crippen LogP contribution in [0.25, 0.3) is 0 Å². The van der Waals surface area contributed by atoms with Crippen LogP contribution in [0, 0.1) is 6.07 Å². The summed E-state index contributed by atoms with van der Waals surface area (Å²) in [6, 6.07) is 9.39. The molecule has 1 aromatic rings. The highest BCUT2D eigenvalue weighted by Gasteiger charge is 2.21. The van der Waals surface area contributed by atoms with Crippen LogP contribution in [0.1, 0.15) is 27.2 Å². The Labute approximate surface area is 108 Å². The lowest BCUT2D eigenvalue weighted by molar-refractivity contribution is -0.156. The summed E-state index contributed by atoms with van der Waals surface area (Å²) < 4.78 is 10.6. The van der Waals surface area contributed by atoms with Crippen LogP contribution >= 0.6 is 0 Å². The molecular weight excluding hydrogens is 230 g/mol. The third-order valence-corrected chi connectivity index (χ3v) is 2.09. The van der Waals surface area contributed by atoms with E-state index in [1.807, 2.05) is 20.8 Å². The molecule has 0 saturated heterocycles. The molecule has 0 aliphatic rings. The van der Waals surface area contributed by atoms with Crippen molar-refractivity contribution in [1.29, 1.82) is 0 Å². The molecule has 0 aromatic heterocycles. The highest BCUT2D eigenvalue weighted by atomic mass is 16.6. The molecule has 1 rings (SSSR count). The molecule has 0 aliphatic heterocycles. The molecule has 99 valence electrons. The number of hydrogen-bond donors (Lipinski definition) is 1. The Bertz CT molecular complexity index is 370. The maximum Gasteiger partial charge on any atom is 0.323 e. The van der Waals surface area contributed by atoms with E-state index in [-0.39, 0.29) is 0 Å². The van der Waals surface area contributed by atoms with E-state index in [4.69, 9.17) is 15.2 Å².